The number of amides is 2. The molecule has 1 unspecified atom stereocenters. The van der Waals surface area contributed by atoms with E-state index in [1.54, 1.807) is 0 Å². The minimum absolute atomic E-state index is 0.150. The molecule has 1 aliphatic rings. The van der Waals surface area contributed by atoms with Gasteiger partial charge in [-0.1, -0.05) is 20.8 Å². The number of likely N-dealkylation sites (tertiary alicyclic amines) is 1. The molecule has 2 amide bonds. The molecule has 0 aromatic carbocycles. The van der Waals surface area contributed by atoms with Gasteiger partial charge in [0.2, 0.25) is 0 Å². The van der Waals surface area contributed by atoms with Gasteiger partial charge in [-0.3, -0.25) is 0 Å². The molecule has 4 N–H and O–H groups in total. The summed E-state index contributed by atoms with van der Waals surface area (Å²) in [6.07, 6.45) is 0.681. The Morgan fingerprint density at radius 2 is 1.65 bits per heavy atom. The number of hydrogen-bond donors (Lipinski definition) is 3. The van der Waals surface area contributed by atoms with Crippen LogP contribution >= 0.6 is 0 Å². The van der Waals surface area contributed by atoms with Crippen molar-refractivity contribution in [3.05, 3.63) is 0 Å². The third kappa shape index (κ3) is 6.02. The molecular weight excluding hydrogens is 338 g/mol. The summed E-state index contributed by atoms with van der Waals surface area (Å²) in [7, 11) is 0. The fraction of sp³-hybridized carbons (Fsp3) is 0.889. The fourth-order valence-electron chi connectivity index (χ4n) is 3.22. The smallest absolute Gasteiger partial charge is 0.396 e. The van der Waals surface area contributed by atoms with Crippen LogP contribution in [0.3, 0.4) is 0 Å². The second-order valence-corrected chi connectivity index (χ2v) is 8.96. The Kier molecular flexibility index (Phi) is 7.30. The number of aliphatic hydroxyl groups is 1. The summed E-state index contributed by atoms with van der Waals surface area (Å²) in [6.45, 7) is 12.3. The fourth-order valence-corrected chi connectivity index (χ4v) is 3.22. The zero-order chi connectivity index (χ0) is 20.2. The standard InChI is InChI=1S/C18H35N3O5/c1-16(2,3)18(25-14(19)23,26-15(24)20-17(4,5)6)21-10-7-13(8-11-21)9-12-22/h13,22H,7-12H2,1-6H3,(H2,19,23)(H,20,24). The summed E-state index contributed by atoms with van der Waals surface area (Å²) in [5.41, 5.74) is 4.09. The van der Waals surface area contributed by atoms with E-state index >= 15 is 0 Å². The Balaban J connectivity index is 3.11. The molecule has 8 nitrogen and oxygen atoms in total. The van der Waals surface area contributed by atoms with Gasteiger partial charge in [-0.2, -0.15) is 0 Å². The largest absolute Gasteiger partial charge is 0.411 e. The highest BCUT2D eigenvalue weighted by atomic mass is 16.8. The Hall–Kier alpha value is -1.54. The molecule has 0 radical (unpaired) electrons. The topological polar surface area (TPSA) is 114 Å². The maximum Gasteiger partial charge on any atom is 0.411 e. The Labute approximate surface area is 156 Å². The second kappa shape index (κ2) is 8.43. The molecule has 0 aromatic heterocycles. The lowest BCUT2D eigenvalue weighted by molar-refractivity contribution is -0.314. The molecule has 152 valence electrons. The van der Waals surface area contributed by atoms with E-state index in [2.05, 4.69) is 5.32 Å². The molecule has 1 rings (SSSR count). The molecule has 8 heteroatoms. The van der Waals surface area contributed by atoms with Crippen LogP contribution in [0.25, 0.3) is 0 Å². The van der Waals surface area contributed by atoms with E-state index in [1.165, 1.54) is 0 Å². The second-order valence-electron chi connectivity index (χ2n) is 8.96. The number of nitrogens with two attached hydrogens (primary N) is 1. The monoisotopic (exact) mass is 373 g/mol. The number of carbonyl (C=O) groups excluding carboxylic acids is 2. The van der Waals surface area contributed by atoms with Crippen LogP contribution in [0.15, 0.2) is 0 Å². The van der Waals surface area contributed by atoms with E-state index in [-0.39, 0.29) is 6.61 Å². The maximum atomic E-state index is 12.5. The number of ether oxygens (including phenoxy) is 2. The Bertz CT molecular complexity index is 490. The number of hydrogen-bond acceptors (Lipinski definition) is 6. The van der Waals surface area contributed by atoms with Crippen LogP contribution in [0.5, 0.6) is 0 Å². The predicted octanol–water partition coefficient (Wildman–Crippen LogP) is 2.40. The van der Waals surface area contributed by atoms with Gasteiger partial charge in [0.05, 0.1) is 5.41 Å². The van der Waals surface area contributed by atoms with Crippen molar-refractivity contribution in [3.63, 3.8) is 0 Å². The first-order valence-corrected chi connectivity index (χ1v) is 9.16. The van der Waals surface area contributed by atoms with Crippen molar-refractivity contribution < 1.29 is 24.2 Å². The molecule has 0 aromatic rings. The summed E-state index contributed by atoms with van der Waals surface area (Å²) in [6, 6.07) is 0. The molecule has 0 saturated carbocycles. The number of nitrogens with zero attached hydrogens (tertiary/aromatic N) is 1. The quantitative estimate of drug-likeness (QED) is 0.638. The van der Waals surface area contributed by atoms with Crippen molar-refractivity contribution in [2.75, 3.05) is 19.7 Å². The van der Waals surface area contributed by atoms with Crippen LogP contribution in [0.1, 0.15) is 60.8 Å². The number of carbonyl (C=O) groups is 2. The molecular formula is C18H35N3O5. The summed E-state index contributed by atoms with van der Waals surface area (Å²) in [4.78, 5) is 26.0. The minimum Gasteiger partial charge on any atom is -0.396 e. The van der Waals surface area contributed by atoms with Crippen LogP contribution in [0.2, 0.25) is 0 Å². The lowest BCUT2D eigenvalue weighted by Crippen LogP contribution is -2.65. The summed E-state index contributed by atoms with van der Waals surface area (Å²) >= 11 is 0. The van der Waals surface area contributed by atoms with Gasteiger partial charge in [-0.25, -0.2) is 14.5 Å². The lowest BCUT2D eigenvalue weighted by atomic mass is 9.86. The molecule has 1 fully saturated rings. The minimum atomic E-state index is -1.61. The average Bonchev–Trinajstić information content (AvgIpc) is 2.43. The number of primary amides is 1. The first-order valence-electron chi connectivity index (χ1n) is 9.16. The number of rotatable bonds is 5. The van der Waals surface area contributed by atoms with Crippen molar-refractivity contribution in [1.82, 2.24) is 10.2 Å². The van der Waals surface area contributed by atoms with E-state index < -0.39 is 29.1 Å². The molecule has 0 bridgehead atoms. The first kappa shape index (κ1) is 22.5. The molecule has 1 heterocycles. The Morgan fingerprint density at radius 3 is 2.04 bits per heavy atom. The van der Waals surface area contributed by atoms with E-state index in [9.17, 15) is 9.59 Å². The number of alkyl carbamates (subject to hydrolysis) is 1. The highest BCUT2D eigenvalue weighted by Crippen LogP contribution is 2.41. The SMILES string of the molecule is CC(C)(C)NC(=O)OC(OC(N)=O)(N1CCC(CCO)CC1)C(C)(C)C. The van der Waals surface area contributed by atoms with Gasteiger partial charge in [-0.15, -0.1) is 0 Å². The van der Waals surface area contributed by atoms with Gasteiger partial charge in [0, 0.05) is 25.2 Å². The van der Waals surface area contributed by atoms with Crippen LogP contribution in [-0.4, -0.2) is 53.3 Å². The summed E-state index contributed by atoms with van der Waals surface area (Å²) < 4.78 is 11.2. The molecule has 1 aliphatic heterocycles. The zero-order valence-electron chi connectivity index (χ0n) is 16.9. The van der Waals surface area contributed by atoms with Gasteiger partial charge in [0.15, 0.2) is 0 Å². The highest BCUT2D eigenvalue weighted by Gasteiger charge is 2.55. The Morgan fingerprint density at radius 1 is 1.12 bits per heavy atom. The van der Waals surface area contributed by atoms with Gasteiger partial charge in [-0.05, 0) is 46.0 Å². The summed E-state index contributed by atoms with van der Waals surface area (Å²) in [5, 5.41) is 11.9. The summed E-state index contributed by atoms with van der Waals surface area (Å²) in [5.74, 6) is -1.22. The van der Waals surface area contributed by atoms with E-state index in [4.69, 9.17) is 20.3 Å². The average molecular weight is 373 g/mol. The van der Waals surface area contributed by atoms with Crippen molar-refractivity contribution >= 4 is 12.2 Å². The van der Waals surface area contributed by atoms with Gasteiger partial charge >= 0.3 is 18.1 Å². The van der Waals surface area contributed by atoms with Crippen molar-refractivity contribution in [1.29, 1.82) is 0 Å². The first-order chi connectivity index (χ1) is 11.8. The van der Waals surface area contributed by atoms with Crippen LogP contribution < -0.4 is 11.1 Å². The van der Waals surface area contributed by atoms with E-state index in [0.717, 1.165) is 19.3 Å². The molecule has 1 atom stereocenters. The van der Waals surface area contributed by atoms with E-state index in [1.807, 2.05) is 46.4 Å². The normalized spacial score (nSPS) is 19.5. The van der Waals surface area contributed by atoms with Crippen LogP contribution in [0, 0.1) is 11.3 Å². The third-order valence-electron chi connectivity index (χ3n) is 4.46. The van der Waals surface area contributed by atoms with Crippen molar-refractivity contribution in [2.45, 2.75) is 72.3 Å². The van der Waals surface area contributed by atoms with Gasteiger partial charge < -0.3 is 25.6 Å². The predicted molar refractivity (Wildman–Crippen MR) is 98.2 cm³/mol. The number of nitrogens with one attached hydrogen (secondary N) is 1. The lowest BCUT2D eigenvalue weighted by Gasteiger charge is -2.50. The number of aliphatic hydroxyl groups excluding tert-OH is 1. The molecule has 1 saturated heterocycles. The van der Waals surface area contributed by atoms with Crippen molar-refractivity contribution in [3.8, 4) is 0 Å². The molecule has 0 spiro atoms. The number of piperidine rings is 1. The molecule has 26 heavy (non-hydrogen) atoms. The van der Waals surface area contributed by atoms with Crippen molar-refractivity contribution in [2.24, 2.45) is 17.1 Å². The maximum absolute atomic E-state index is 12.5. The zero-order valence-corrected chi connectivity index (χ0v) is 16.9. The van der Waals surface area contributed by atoms with Crippen LogP contribution in [-0.2, 0) is 9.47 Å². The van der Waals surface area contributed by atoms with Gasteiger partial charge in [0.25, 0.3) is 0 Å². The van der Waals surface area contributed by atoms with Gasteiger partial charge in [0.1, 0.15) is 0 Å². The highest BCUT2D eigenvalue weighted by molar-refractivity contribution is 5.69. The van der Waals surface area contributed by atoms with E-state index in [0.29, 0.717) is 19.0 Å². The third-order valence-corrected chi connectivity index (χ3v) is 4.46. The van der Waals surface area contributed by atoms with Crippen LogP contribution in [0.4, 0.5) is 9.59 Å². The molecule has 0 aliphatic carbocycles.